The number of nitriles is 1. The largest absolute Gasteiger partial charge is 0.493 e. The Balaban J connectivity index is 1.11. The van der Waals surface area contributed by atoms with Crippen LogP contribution in [0.25, 0.3) is 0 Å². The van der Waals surface area contributed by atoms with Gasteiger partial charge in [0.2, 0.25) is 0 Å². The molecule has 0 radical (unpaired) electrons. The lowest BCUT2D eigenvalue weighted by molar-refractivity contribution is 0.209. The van der Waals surface area contributed by atoms with Crippen LogP contribution in [0.3, 0.4) is 0 Å². The molecule has 7 nitrogen and oxygen atoms in total. The number of nitrogen functional groups attached to an aromatic ring is 1. The molecule has 1 saturated carbocycles. The molecular weight excluding hydrogens is 392 g/mol. The molecule has 3 aliphatic rings. The molecule has 0 unspecified atom stereocenters. The summed E-state index contributed by atoms with van der Waals surface area (Å²) in [6.07, 6.45) is 5.45. The molecule has 5 rings (SSSR count). The molecule has 1 aliphatic carbocycles. The van der Waals surface area contributed by atoms with Crippen molar-refractivity contribution in [1.82, 2.24) is 4.90 Å². The minimum absolute atomic E-state index is 0.0927. The number of nitrogens with one attached hydrogen (secondary N) is 1. The molecule has 0 spiro atoms. The minimum atomic E-state index is -0.556. The van der Waals surface area contributed by atoms with Crippen molar-refractivity contribution >= 4 is 11.4 Å². The van der Waals surface area contributed by atoms with Gasteiger partial charge in [-0.05, 0) is 62.8 Å². The second-order valence-corrected chi connectivity index (χ2v) is 9.40. The van der Waals surface area contributed by atoms with Gasteiger partial charge in [0.15, 0.2) is 0 Å². The summed E-state index contributed by atoms with van der Waals surface area (Å²) in [5, 5.41) is 12.4. The maximum absolute atomic E-state index is 11.6. The van der Waals surface area contributed by atoms with Crippen molar-refractivity contribution in [3.8, 4) is 11.8 Å². The molecule has 2 heterocycles. The van der Waals surface area contributed by atoms with E-state index in [0.29, 0.717) is 29.0 Å². The summed E-state index contributed by atoms with van der Waals surface area (Å²) in [6.45, 7) is 3.95. The Bertz CT molecular complexity index is 1090. The van der Waals surface area contributed by atoms with Crippen LogP contribution in [0.5, 0.6) is 5.75 Å². The molecule has 2 atom stereocenters. The lowest BCUT2D eigenvalue weighted by atomic mass is 9.84. The third kappa shape index (κ3) is 3.70. The molecular formula is C24H28N4O3. The van der Waals surface area contributed by atoms with Crippen LogP contribution in [-0.4, -0.2) is 37.2 Å². The Kier molecular flexibility index (Phi) is 5.19. The van der Waals surface area contributed by atoms with Crippen LogP contribution < -0.4 is 26.6 Å². The minimum Gasteiger partial charge on any atom is -0.493 e. The lowest BCUT2D eigenvalue weighted by Gasteiger charge is -2.31. The highest BCUT2D eigenvalue weighted by Gasteiger charge is 2.39. The van der Waals surface area contributed by atoms with Crippen LogP contribution in [0.2, 0.25) is 0 Å². The van der Waals surface area contributed by atoms with Crippen molar-refractivity contribution in [3.05, 3.63) is 49.8 Å². The number of nitrogens with zero attached hydrogens (tertiary/aromatic N) is 2. The fourth-order valence-corrected chi connectivity index (χ4v) is 5.62. The Morgan fingerprint density at radius 1 is 1.16 bits per heavy atom. The zero-order valence-electron chi connectivity index (χ0n) is 17.6. The maximum Gasteiger partial charge on any atom is 0.253 e. The van der Waals surface area contributed by atoms with Crippen molar-refractivity contribution in [1.29, 1.82) is 5.26 Å². The number of hydrogen-bond donors (Lipinski definition) is 2. The number of ether oxygens (including phenoxy) is 1. The van der Waals surface area contributed by atoms with Gasteiger partial charge in [0.05, 0.1) is 18.2 Å². The first-order valence-electron chi connectivity index (χ1n) is 11.3. The highest BCUT2D eigenvalue weighted by atomic mass is 16.5. The molecule has 2 fully saturated rings. The maximum atomic E-state index is 11.6. The molecule has 1 saturated heterocycles. The third-order valence-electron chi connectivity index (χ3n) is 7.50. The molecule has 31 heavy (non-hydrogen) atoms. The van der Waals surface area contributed by atoms with E-state index in [4.69, 9.17) is 10.5 Å². The van der Waals surface area contributed by atoms with E-state index in [2.05, 4.69) is 16.3 Å². The smallest absolute Gasteiger partial charge is 0.253 e. The number of fused-ring (bicyclic) bond motifs is 3. The van der Waals surface area contributed by atoms with Gasteiger partial charge in [-0.15, -0.1) is 0 Å². The summed E-state index contributed by atoms with van der Waals surface area (Å²) >= 11 is 0. The van der Waals surface area contributed by atoms with Gasteiger partial charge in [0.25, 0.3) is 10.9 Å². The first-order valence-corrected chi connectivity index (χ1v) is 11.3. The van der Waals surface area contributed by atoms with Crippen LogP contribution in [-0.2, 0) is 0 Å². The second-order valence-electron chi connectivity index (χ2n) is 9.40. The van der Waals surface area contributed by atoms with E-state index < -0.39 is 10.9 Å². The molecule has 7 heteroatoms. The molecule has 0 amide bonds. The predicted molar refractivity (Wildman–Crippen MR) is 119 cm³/mol. The average molecular weight is 421 g/mol. The average Bonchev–Trinajstić information content (AvgIpc) is 3.24. The SMILES string of the molecule is N#Cc1ccc2c(c1)[C@@H]1CN(CC[C@H]3CC[C@H](Nc4c(N)c(=O)c4=O)CC3)C[C@H]1CO2. The van der Waals surface area contributed by atoms with Gasteiger partial charge in [-0.1, -0.05) is 0 Å². The first kappa shape index (κ1) is 20.1. The zero-order valence-corrected chi connectivity index (χ0v) is 17.6. The summed E-state index contributed by atoms with van der Waals surface area (Å²) in [5.41, 5.74) is 6.93. The third-order valence-corrected chi connectivity index (χ3v) is 7.50. The van der Waals surface area contributed by atoms with E-state index in [9.17, 15) is 14.9 Å². The van der Waals surface area contributed by atoms with Gasteiger partial charge < -0.3 is 20.7 Å². The standard InChI is InChI=1S/C24H28N4O3/c25-10-15-3-6-20-18(9-15)19-12-28(11-16(19)13-31-20)8-7-14-1-4-17(5-2-14)27-22-21(26)23(29)24(22)30/h3,6,9,14,16-17,19,27H,1-2,4-5,7-8,11-13,26H2/t14-,16-,17-,19+/m0/s1. The number of nitrogens with two attached hydrogens (primary N) is 1. The van der Waals surface area contributed by atoms with Crippen molar-refractivity contribution in [2.75, 3.05) is 37.3 Å². The fraction of sp³-hybridized carbons (Fsp3) is 0.542. The van der Waals surface area contributed by atoms with Crippen LogP contribution in [0.4, 0.5) is 11.4 Å². The van der Waals surface area contributed by atoms with Crippen molar-refractivity contribution in [2.45, 2.75) is 44.1 Å². The second kappa shape index (κ2) is 8.01. The Labute approximate surface area is 181 Å². The molecule has 2 aromatic carbocycles. The van der Waals surface area contributed by atoms with E-state index in [-0.39, 0.29) is 11.7 Å². The predicted octanol–water partition coefficient (Wildman–Crippen LogP) is 2.21. The van der Waals surface area contributed by atoms with Crippen LogP contribution in [0.1, 0.15) is 49.1 Å². The number of rotatable bonds is 5. The zero-order chi connectivity index (χ0) is 21.5. The molecule has 162 valence electrons. The molecule has 0 bridgehead atoms. The van der Waals surface area contributed by atoms with Gasteiger partial charge in [0.1, 0.15) is 17.1 Å². The summed E-state index contributed by atoms with van der Waals surface area (Å²) in [6, 6.07) is 8.26. The monoisotopic (exact) mass is 420 g/mol. The molecule has 2 aliphatic heterocycles. The van der Waals surface area contributed by atoms with Crippen molar-refractivity contribution < 1.29 is 4.74 Å². The highest BCUT2D eigenvalue weighted by molar-refractivity contribution is 5.71. The number of likely N-dealkylation sites (tertiary alicyclic amines) is 1. The van der Waals surface area contributed by atoms with E-state index in [1.807, 2.05) is 18.2 Å². The van der Waals surface area contributed by atoms with Gasteiger partial charge in [-0.25, -0.2) is 0 Å². The van der Waals surface area contributed by atoms with Crippen LogP contribution >= 0.6 is 0 Å². The molecule has 0 aromatic heterocycles. The Morgan fingerprint density at radius 3 is 2.71 bits per heavy atom. The topological polar surface area (TPSA) is 108 Å². The van der Waals surface area contributed by atoms with Gasteiger partial charge in [0, 0.05) is 36.5 Å². The quantitative estimate of drug-likeness (QED) is 0.714. The van der Waals surface area contributed by atoms with E-state index in [1.54, 1.807) is 0 Å². The number of hydrogen-bond acceptors (Lipinski definition) is 7. The van der Waals surface area contributed by atoms with Gasteiger partial charge in [-0.3, -0.25) is 9.59 Å². The molecule has 2 aromatic rings. The summed E-state index contributed by atoms with van der Waals surface area (Å²) in [7, 11) is 0. The number of anilines is 2. The van der Waals surface area contributed by atoms with Crippen molar-refractivity contribution in [3.63, 3.8) is 0 Å². The van der Waals surface area contributed by atoms with E-state index in [0.717, 1.165) is 57.7 Å². The fourth-order valence-electron chi connectivity index (χ4n) is 5.62. The van der Waals surface area contributed by atoms with Crippen LogP contribution in [0, 0.1) is 23.2 Å². The Morgan fingerprint density at radius 2 is 1.97 bits per heavy atom. The lowest BCUT2D eigenvalue weighted by Crippen LogP contribution is -2.40. The number of benzene rings is 1. The molecule has 3 N–H and O–H groups in total. The van der Waals surface area contributed by atoms with Gasteiger partial charge in [-0.2, -0.15) is 5.26 Å². The summed E-state index contributed by atoms with van der Waals surface area (Å²) in [4.78, 5) is 25.4. The normalized spacial score (nSPS) is 27.8. The van der Waals surface area contributed by atoms with Crippen LogP contribution in [0.15, 0.2) is 27.8 Å². The Hall–Kier alpha value is -2.85. The van der Waals surface area contributed by atoms with E-state index in [1.165, 1.54) is 12.0 Å². The summed E-state index contributed by atoms with van der Waals surface area (Å²) < 4.78 is 5.96. The van der Waals surface area contributed by atoms with E-state index >= 15 is 0 Å². The first-order chi connectivity index (χ1) is 15.0. The summed E-state index contributed by atoms with van der Waals surface area (Å²) in [5.74, 6) is 2.59. The van der Waals surface area contributed by atoms with Crippen molar-refractivity contribution in [2.24, 2.45) is 11.8 Å². The van der Waals surface area contributed by atoms with Gasteiger partial charge >= 0.3 is 0 Å². The highest BCUT2D eigenvalue weighted by Crippen LogP contribution is 2.42.